The highest BCUT2D eigenvalue weighted by molar-refractivity contribution is 7.10. The normalized spacial score (nSPS) is 12.4. The summed E-state index contributed by atoms with van der Waals surface area (Å²) in [5.74, 6) is 0.762. The molecule has 18 heavy (non-hydrogen) atoms. The summed E-state index contributed by atoms with van der Waals surface area (Å²) in [6, 6.07) is 7.47. The van der Waals surface area contributed by atoms with Crippen LogP contribution in [0.15, 0.2) is 29.6 Å². The van der Waals surface area contributed by atoms with E-state index >= 15 is 0 Å². The smallest absolute Gasteiger partial charge is 0.119 e. The molecule has 0 spiro atoms. The molecular formula is C14H15ClO2S. The van der Waals surface area contributed by atoms with E-state index in [4.69, 9.17) is 16.3 Å². The minimum Gasteiger partial charge on any atom is -0.494 e. The fourth-order valence-electron chi connectivity index (χ4n) is 1.73. The molecule has 4 heteroatoms. The van der Waals surface area contributed by atoms with Crippen LogP contribution in [0.5, 0.6) is 5.75 Å². The van der Waals surface area contributed by atoms with Crippen molar-refractivity contribution in [3.63, 3.8) is 0 Å². The Morgan fingerprint density at radius 2 is 2.22 bits per heavy atom. The molecule has 1 aromatic carbocycles. The van der Waals surface area contributed by atoms with Gasteiger partial charge >= 0.3 is 0 Å². The molecule has 1 atom stereocenters. The summed E-state index contributed by atoms with van der Waals surface area (Å²) in [5, 5.41) is 12.9. The molecule has 0 saturated heterocycles. The van der Waals surface area contributed by atoms with Crippen LogP contribution >= 0.6 is 22.9 Å². The maximum atomic E-state index is 10.3. The van der Waals surface area contributed by atoms with Gasteiger partial charge in [0.25, 0.3) is 0 Å². The third-order valence-electron chi connectivity index (χ3n) is 2.66. The van der Waals surface area contributed by atoms with Crippen molar-refractivity contribution < 1.29 is 9.84 Å². The van der Waals surface area contributed by atoms with Crippen molar-refractivity contribution in [3.05, 3.63) is 50.7 Å². The van der Waals surface area contributed by atoms with Crippen LogP contribution in [0.2, 0.25) is 5.02 Å². The predicted molar refractivity (Wildman–Crippen MR) is 75.7 cm³/mol. The van der Waals surface area contributed by atoms with Crippen molar-refractivity contribution in [1.82, 2.24) is 0 Å². The van der Waals surface area contributed by atoms with E-state index in [1.165, 1.54) is 11.3 Å². The third kappa shape index (κ3) is 2.69. The van der Waals surface area contributed by atoms with Gasteiger partial charge in [0.1, 0.15) is 11.9 Å². The van der Waals surface area contributed by atoms with E-state index in [-0.39, 0.29) is 0 Å². The highest BCUT2D eigenvalue weighted by Gasteiger charge is 2.17. The average molecular weight is 283 g/mol. The Bertz CT molecular complexity index is 536. The minimum atomic E-state index is -0.698. The summed E-state index contributed by atoms with van der Waals surface area (Å²) in [7, 11) is 0. The lowest BCUT2D eigenvalue weighted by molar-refractivity contribution is 0.223. The minimum absolute atomic E-state index is 0.610. The molecule has 1 aromatic heterocycles. The summed E-state index contributed by atoms with van der Waals surface area (Å²) < 4.78 is 5.43. The monoisotopic (exact) mass is 282 g/mol. The lowest BCUT2D eigenvalue weighted by Crippen LogP contribution is -1.99. The number of thiophene rings is 1. The van der Waals surface area contributed by atoms with Gasteiger partial charge in [0.2, 0.25) is 0 Å². The largest absolute Gasteiger partial charge is 0.494 e. The van der Waals surface area contributed by atoms with E-state index in [0.717, 1.165) is 21.8 Å². The van der Waals surface area contributed by atoms with Crippen LogP contribution < -0.4 is 4.74 Å². The van der Waals surface area contributed by atoms with Gasteiger partial charge in [-0.05, 0) is 42.5 Å². The molecule has 0 aliphatic heterocycles. The molecule has 0 aliphatic rings. The molecule has 0 bridgehead atoms. The van der Waals surface area contributed by atoms with Gasteiger partial charge < -0.3 is 9.84 Å². The zero-order chi connectivity index (χ0) is 13.1. The van der Waals surface area contributed by atoms with Crippen LogP contribution in [-0.4, -0.2) is 11.7 Å². The molecule has 0 radical (unpaired) electrons. The molecule has 1 N–H and O–H groups in total. The highest BCUT2D eigenvalue weighted by atomic mass is 35.5. The molecule has 2 nitrogen and oxygen atoms in total. The van der Waals surface area contributed by atoms with Crippen molar-refractivity contribution in [2.24, 2.45) is 0 Å². The number of benzene rings is 1. The molecule has 1 heterocycles. The number of ether oxygens (including phenoxy) is 1. The van der Waals surface area contributed by atoms with Crippen LogP contribution in [0.3, 0.4) is 0 Å². The van der Waals surface area contributed by atoms with E-state index in [1.807, 2.05) is 43.5 Å². The van der Waals surface area contributed by atoms with Gasteiger partial charge in [-0.1, -0.05) is 23.7 Å². The maximum absolute atomic E-state index is 10.3. The number of aliphatic hydroxyl groups excluding tert-OH is 1. The Hall–Kier alpha value is -1.03. The molecule has 0 amide bonds. The number of aliphatic hydroxyl groups is 1. The van der Waals surface area contributed by atoms with Gasteiger partial charge in [0.05, 0.1) is 16.5 Å². The van der Waals surface area contributed by atoms with Gasteiger partial charge in [0.15, 0.2) is 0 Å². The number of halogens is 1. The second kappa shape index (κ2) is 5.74. The Labute approximate surface area is 116 Å². The van der Waals surface area contributed by atoms with E-state index < -0.39 is 6.10 Å². The van der Waals surface area contributed by atoms with Gasteiger partial charge in [-0.3, -0.25) is 0 Å². The first kappa shape index (κ1) is 13.4. The van der Waals surface area contributed by atoms with E-state index in [0.29, 0.717) is 11.6 Å². The molecule has 2 aromatic rings. The van der Waals surface area contributed by atoms with Crippen molar-refractivity contribution in [1.29, 1.82) is 0 Å². The Morgan fingerprint density at radius 3 is 2.83 bits per heavy atom. The maximum Gasteiger partial charge on any atom is 0.119 e. The van der Waals surface area contributed by atoms with Crippen LogP contribution in [0.25, 0.3) is 0 Å². The van der Waals surface area contributed by atoms with Gasteiger partial charge in [0, 0.05) is 0 Å². The lowest BCUT2D eigenvalue weighted by Gasteiger charge is -2.12. The van der Waals surface area contributed by atoms with Gasteiger partial charge in [-0.25, -0.2) is 0 Å². The number of hydrogen-bond donors (Lipinski definition) is 1. The topological polar surface area (TPSA) is 29.5 Å². The summed E-state index contributed by atoms with van der Waals surface area (Å²) >= 11 is 7.65. The molecule has 1 unspecified atom stereocenters. The summed E-state index contributed by atoms with van der Waals surface area (Å²) in [6.07, 6.45) is -0.698. The van der Waals surface area contributed by atoms with Gasteiger partial charge in [-0.2, -0.15) is 0 Å². The summed E-state index contributed by atoms with van der Waals surface area (Å²) in [5.41, 5.74) is 1.79. The second-order valence-corrected chi connectivity index (χ2v) is 5.29. The second-order valence-electron chi connectivity index (χ2n) is 4.00. The van der Waals surface area contributed by atoms with Crippen LogP contribution in [0, 0.1) is 6.92 Å². The Balaban J connectivity index is 2.30. The average Bonchev–Trinajstić information content (AvgIpc) is 2.70. The third-order valence-corrected chi connectivity index (χ3v) is 4.42. The van der Waals surface area contributed by atoms with Crippen molar-refractivity contribution >= 4 is 22.9 Å². The number of rotatable bonds is 4. The summed E-state index contributed by atoms with van der Waals surface area (Å²) in [4.78, 5) is 0.780. The fraction of sp³-hybridized carbons (Fsp3) is 0.286. The molecule has 0 aliphatic carbocycles. The predicted octanol–water partition coefficient (Wildman–Crippen LogP) is 4.19. The zero-order valence-electron chi connectivity index (χ0n) is 10.3. The van der Waals surface area contributed by atoms with Crippen LogP contribution in [-0.2, 0) is 0 Å². The Morgan fingerprint density at radius 1 is 1.44 bits per heavy atom. The van der Waals surface area contributed by atoms with Crippen LogP contribution in [0.1, 0.15) is 29.0 Å². The molecule has 0 fully saturated rings. The molecule has 96 valence electrons. The van der Waals surface area contributed by atoms with Gasteiger partial charge in [-0.15, -0.1) is 11.3 Å². The molecule has 2 rings (SSSR count). The van der Waals surface area contributed by atoms with Crippen molar-refractivity contribution in [3.8, 4) is 5.75 Å². The highest BCUT2D eigenvalue weighted by Crippen LogP contribution is 2.36. The number of aryl methyl sites for hydroxylation is 1. The molecular weight excluding hydrogens is 268 g/mol. The van der Waals surface area contributed by atoms with Crippen molar-refractivity contribution in [2.75, 3.05) is 6.61 Å². The SMILES string of the molecule is CCOc1cccc(C(O)c2scc(C)c2Cl)c1. The van der Waals surface area contributed by atoms with Crippen molar-refractivity contribution in [2.45, 2.75) is 20.0 Å². The van der Waals surface area contributed by atoms with Crippen LogP contribution in [0.4, 0.5) is 0 Å². The zero-order valence-corrected chi connectivity index (χ0v) is 11.9. The quantitative estimate of drug-likeness (QED) is 0.911. The standard InChI is InChI=1S/C14H15ClO2S/c1-3-17-11-6-4-5-10(7-11)13(16)14-12(15)9(2)8-18-14/h4-8,13,16H,3H2,1-2H3. The first-order valence-corrected chi connectivity index (χ1v) is 7.03. The fourth-order valence-corrected chi connectivity index (χ4v) is 3.03. The summed E-state index contributed by atoms with van der Waals surface area (Å²) in [6.45, 7) is 4.48. The first-order valence-electron chi connectivity index (χ1n) is 5.77. The van der Waals surface area contributed by atoms with E-state index in [9.17, 15) is 5.11 Å². The lowest BCUT2D eigenvalue weighted by atomic mass is 10.1. The molecule has 0 saturated carbocycles. The van der Waals surface area contributed by atoms with E-state index in [2.05, 4.69) is 0 Å². The number of hydrogen-bond acceptors (Lipinski definition) is 3. The Kier molecular flexibility index (Phi) is 4.27. The van der Waals surface area contributed by atoms with E-state index in [1.54, 1.807) is 0 Å². The first-order chi connectivity index (χ1) is 8.63.